The lowest BCUT2D eigenvalue weighted by Gasteiger charge is -2.21. The first-order chi connectivity index (χ1) is 12.8. The van der Waals surface area contributed by atoms with Gasteiger partial charge in [-0.05, 0) is 30.3 Å². The average molecular weight is 391 g/mol. The highest BCUT2D eigenvalue weighted by Crippen LogP contribution is 2.35. The zero-order valence-electron chi connectivity index (χ0n) is 15.5. The molecule has 142 valence electrons. The van der Waals surface area contributed by atoms with Crippen molar-refractivity contribution in [3.8, 4) is 11.5 Å². The lowest BCUT2D eigenvalue weighted by atomic mass is 9.84. The summed E-state index contributed by atoms with van der Waals surface area (Å²) >= 11 is 5.96. The zero-order chi connectivity index (χ0) is 19.8. The summed E-state index contributed by atoms with van der Waals surface area (Å²) in [6.45, 7) is 4.33. The number of halogens is 2. The lowest BCUT2D eigenvalue weighted by molar-refractivity contribution is 0.0753. The molecule has 0 saturated heterocycles. The van der Waals surface area contributed by atoms with Crippen molar-refractivity contribution in [1.29, 1.82) is 0 Å². The van der Waals surface area contributed by atoms with Gasteiger partial charge in [-0.2, -0.15) is 5.10 Å². The van der Waals surface area contributed by atoms with Crippen molar-refractivity contribution >= 4 is 23.2 Å². The van der Waals surface area contributed by atoms with Gasteiger partial charge in [-0.15, -0.1) is 0 Å². The molecule has 7 heteroatoms. The van der Waals surface area contributed by atoms with Gasteiger partial charge in [0.25, 0.3) is 5.91 Å². The third kappa shape index (κ3) is 3.49. The minimum atomic E-state index is -0.634. The molecular weight excluding hydrogens is 371 g/mol. The van der Waals surface area contributed by atoms with Crippen molar-refractivity contribution in [2.24, 2.45) is 10.5 Å². The highest BCUT2D eigenvalue weighted by Gasteiger charge is 2.38. The Morgan fingerprint density at radius 2 is 1.89 bits per heavy atom. The predicted molar refractivity (Wildman–Crippen MR) is 102 cm³/mol. The monoisotopic (exact) mass is 390 g/mol. The van der Waals surface area contributed by atoms with Gasteiger partial charge in [-0.1, -0.05) is 31.5 Å². The standard InChI is InChI=1S/C20H20ClFN2O3/c1-20(2)11-24(19(25)13-6-5-7-14(22)17(13)21)23-18(20)12-8-9-15(26-3)16(10-12)27-4/h5-10H,11H2,1-4H3. The number of benzene rings is 2. The largest absolute Gasteiger partial charge is 0.493 e. The zero-order valence-corrected chi connectivity index (χ0v) is 16.3. The number of hydrogen-bond acceptors (Lipinski definition) is 4. The van der Waals surface area contributed by atoms with Crippen LogP contribution in [0.3, 0.4) is 0 Å². The molecule has 1 heterocycles. The third-order valence-electron chi connectivity index (χ3n) is 4.48. The van der Waals surface area contributed by atoms with Gasteiger partial charge in [0.1, 0.15) is 5.82 Å². The number of nitrogens with zero attached hydrogens (tertiary/aromatic N) is 2. The molecule has 0 aliphatic carbocycles. The molecule has 0 aromatic heterocycles. The van der Waals surface area contributed by atoms with E-state index in [-0.39, 0.29) is 10.6 Å². The summed E-state index contributed by atoms with van der Waals surface area (Å²) in [6, 6.07) is 9.64. The van der Waals surface area contributed by atoms with Crippen LogP contribution in [0, 0.1) is 11.2 Å². The molecule has 0 bridgehead atoms. The van der Waals surface area contributed by atoms with Crippen molar-refractivity contribution < 1.29 is 18.7 Å². The molecule has 2 aromatic carbocycles. The highest BCUT2D eigenvalue weighted by molar-refractivity contribution is 6.34. The summed E-state index contributed by atoms with van der Waals surface area (Å²) in [5.41, 5.74) is 1.22. The minimum Gasteiger partial charge on any atom is -0.493 e. The number of ether oxygens (including phenoxy) is 2. The molecular formula is C20H20ClFN2O3. The van der Waals surface area contributed by atoms with Crippen LogP contribution in [0.25, 0.3) is 0 Å². The van der Waals surface area contributed by atoms with Crippen LogP contribution >= 0.6 is 11.6 Å². The fourth-order valence-corrected chi connectivity index (χ4v) is 3.30. The number of rotatable bonds is 4. The quantitative estimate of drug-likeness (QED) is 0.778. The predicted octanol–water partition coefficient (Wildman–Crippen LogP) is 4.38. The number of hydrogen-bond donors (Lipinski definition) is 0. The number of carbonyl (C=O) groups is 1. The summed E-state index contributed by atoms with van der Waals surface area (Å²) in [5.74, 6) is 0.108. The Morgan fingerprint density at radius 3 is 2.56 bits per heavy atom. The molecule has 2 aromatic rings. The van der Waals surface area contributed by atoms with Crippen molar-refractivity contribution in [1.82, 2.24) is 5.01 Å². The number of amides is 1. The highest BCUT2D eigenvalue weighted by atomic mass is 35.5. The summed E-state index contributed by atoms with van der Waals surface area (Å²) in [4.78, 5) is 12.8. The topological polar surface area (TPSA) is 51.1 Å². The SMILES string of the molecule is COc1ccc(C2=NN(C(=O)c3cccc(F)c3Cl)CC2(C)C)cc1OC. The van der Waals surface area contributed by atoms with E-state index in [0.717, 1.165) is 11.3 Å². The Bertz CT molecular complexity index is 927. The van der Waals surface area contributed by atoms with Crippen LogP contribution in [0.2, 0.25) is 5.02 Å². The molecule has 0 spiro atoms. The van der Waals surface area contributed by atoms with E-state index in [1.54, 1.807) is 20.3 Å². The van der Waals surface area contributed by atoms with E-state index in [9.17, 15) is 9.18 Å². The van der Waals surface area contributed by atoms with Crippen LogP contribution < -0.4 is 9.47 Å². The van der Waals surface area contributed by atoms with Gasteiger partial charge >= 0.3 is 0 Å². The molecule has 3 rings (SSSR count). The number of hydrazone groups is 1. The molecule has 0 fully saturated rings. The molecule has 27 heavy (non-hydrogen) atoms. The van der Waals surface area contributed by atoms with E-state index in [4.69, 9.17) is 21.1 Å². The maximum absolute atomic E-state index is 13.7. The van der Waals surface area contributed by atoms with E-state index < -0.39 is 17.1 Å². The molecule has 0 radical (unpaired) electrons. The Hall–Kier alpha value is -2.60. The van der Waals surface area contributed by atoms with E-state index in [0.29, 0.717) is 18.0 Å². The molecule has 1 aliphatic heterocycles. The second-order valence-electron chi connectivity index (χ2n) is 6.87. The molecule has 0 unspecified atom stereocenters. The second-order valence-corrected chi connectivity index (χ2v) is 7.24. The summed E-state index contributed by atoms with van der Waals surface area (Å²) < 4.78 is 24.3. The van der Waals surface area contributed by atoms with E-state index >= 15 is 0 Å². The van der Waals surface area contributed by atoms with Crippen molar-refractivity contribution in [3.63, 3.8) is 0 Å². The van der Waals surface area contributed by atoms with Crippen molar-refractivity contribution in [3.05, 3.63) is 58.4 Å². The van der Waals surface area contributed by atoms with Crippen molar-refractivity contribution in [2.45, 2.75) is 13.8 Å². The molecule has 0 saturated carbocycles. The summed E-state index contributed by atoms with van der Waals surface area (Å²) in [5, 5.41) is 5.64. The maximum atomic E-state index is 13.7. The van der Waals surface area contributed by atoms with E-state index in [2.05, 4.69) is 5.10 Å². The first-order valence-electron chi connectivity index (χ1n) is 8.36. The van der Waals surface area contributed by atoms with E-state index in [1.807, 2.05) is 26.0 Å². The molecule has 5 nitrogen and oxygen atoms in total. The van der Waals surface area contributed by atoms with Gasteiger partial charge in [-0.25, -0.2) is 9.40 Å². The Kier molecular flexibility index (Phi) is 5.11. The van der Waals surface area contributed by atoms with Crippen LogP contribution in [0.1, 0.15) is 29.8 Å². The van der Waals surface area contributed by atoms with Crippen LogP contribution in [0.15, 0.2) is 41.5 Å². The van der Waals surface area contributed by atoms with Gasteiger partial charge in [0.2, 0.25) is 0 Å². The molecule has 1 aliphatic rings. The third-order valence-corrected chi connectivity index (χ3v) is 4.86. The number of methoxy groups -OCH3 is 2. The number of carbonyl (C=O) groups excluding carboxylic acids is 1. The Morgan fingerprint density at radius 1 is 1.19 bits per heavy atom. The van der Waals surface area contributed by atoms with Crippen LogP contribution in [0.5, 0.6) is 11.5 Å². The fraction of sp³-hybridized carbons (Fsp3) is 0.300. The van der Waals surface area contributed by atoms with Gasteiger partial charge in [0.05, 0.1) is 37.1 Å². The van der Waals surface area contributed by atoms with Gasteiger partial charge in [0.15, 0.2) is 11.5 Å². The Labute approximate surface area is 162 Å². The normalized spacial score (nSPS) is 15.5. The van der Waals surface area contributed by atoms with E-state index in [1.165, 1.54) is 23.2 Å². The van der Waals surface area contributed by atoms with Crippen LogP contribution in [0.4, 0.5) is 4.39 Å². The summed E-state index contributed by atoms with van der Waals surface area (Å²) in [7, 11) is 3.13. The second kappa shape index (κ2) is 7.19. The lowest BCUT2D eigenvalue weighted by Crippen LogP contribution is -2.31. The van der Waals surface area contributed by atoms with Crippen LogP contribution in [-0.4, -0.2) is 37.4 Å². The fourth-order valence-electron chi connectivity index (χ4n) is 3.10. The van der Waals surface area contributed by atoms with Crippen molar-refractivity contribution in [2.75, 3.05) is 20.8 Å². The molecule has 0 atom stereocenters. The molecule has 0 N–H and O–H groups in total. The minimum absolute atomic E-state index is 0.0878. The Balaban J connectivity index is 1.99. The van der Waals surface area contributed by atoms with Gasteiger partial charge in [-0.3, -0.25) is 4.79 Å². The smallest absolute Gasteiger partial charge is 0.275 e. The average Bonchev–Trinajstić information content (AvgIpc) is 2.98. The van der Waals surface area contributed by atoms with Gasteiger partial charge in [0, 0.05) is 11.0 Å². The van der Waals surface area contributed by atoms with Gasteiger partial charge < -0.3 is 9.47 Å². The first-order valence-corrected chi connectivity index (χ1v) is 8.73. The first kappa shape index (κ1) is 19.2. The molecule has 1 amide bonds. The van der Waals surface area contributed by atoms with Crippen LogP contribution in [-0.2, 0) is 0 Å². The maximum Gasteiger partial charge on any atom is 0.275 e. The summed E-state index contributed by atoms with van der Waals surface area (Å²) in [6.07, 6.45) is 0.